The van der Waals surface area contributed by atoms with Gasteiger partial charge in [-0.15, -0.1) is 0 Å². The Morgan fingerprint density at radius 2 is 2.17 bits per heavy atom. The van der Waals surface area contributed by atoms with Crippen LogP contribution in [0.2, 0.25) is 0 Å². The molecule has 24 heavy (non-hydrogen) atoms. The van der Waals surface area contributed by atoms with Crippen LogP contribution in [0.5, 0.6) is 0 Å². The predicted molar refractivity (Wildman–Crippen MR) is 94.1 cm³/mol. The van der Waals surface area contributed by atoms with Crippen molar-refractivity contribution < 1.29 is 9.59 Å². The zero-order valence-corrected chi connectivity index (χ0v) is 13.7. The van der Waals surface area contributed by atoms with Crippen molar-refractivity contribution >= 4 is 40.6 Å². The Morgan fingerprint density at radius 3 is 2.88 bits per heavy atom. The molecule has 0 aliphatic carbocycles. The average molecular weight is 341 g/mol. The van der Waals surface area contributed by atoms with E-state index >= 15 is 0 Å². The number of rotatable bonds is 4. The van der Waals surface area contributed by atoms with E-state index in [1.165, 1.54) is 0 Å². The van der Waals surface area contributed by atoms with Gasteiger partial charge in [-0.3, -0.25) is 14.9 Å². The number of benzene rings is 1. The van der Waals surface area contributed by atoms with Crippen molar-refractivity contribution in [2.24, 2.45) is 0 Å². The lowest BCUT2D eigenvalue weighted by atomic mass is 10.2. The van der Waals surface area contributed by atoms with Gasteiger partial charge in [0.05, 0.1) is 10.6 Å². The molecule has 0 unspecified atom stereocenters. The van der Waals surface area contributed by atoms with Crippen LogP contribution >= 0.6 is 11.8 Å². The average Bonchev–Trinajstić information content (AvgIpc) is 2.85. The van der Waals surface area contributed by atoms with E-state index in [0.717, 1.165) is 17.3 Å². The first kappa shape index (κ1) is 16.0. The van der Waals surface area contributed by atoms with E-state index < -0.39 is 5.91 Å². The van der Waals surface area contributed by atoms with E-state index in [-0.39, 0.29) is 5.24 Å². The number of nitrogens with two attached hydrogens (primary N) is 1. The van der Waals surface area contributed by atoms with Crippen molar-refractivity contribution in [1.29, 1.82) is 0 Å². The number of aromatic nitrogens is 2. The number of amides is 2. The molecule has 3 rings (SSSR count). The van der Waals surface area contributed by atoms with Crippen molar-refractivity contribution in [3.63, 3.8) is 0 Å². The maximum absolute atomic E-state index is 11.6. The zero-order chi connectivity index (χ0) is 17.1. The van der Waals surface area contributed by atoms with E-state index in [1.54, 1.807) is 18.3 Å². The number of hydrogen-bond donors (Lipinski definition) is 2. The highest BCUT2D eigenvalue weighted by atomic mass is 32.2. The molecule has 0 spiro atoms. The molecule has 0 saturated carbocycles. The quantitative estimate of drug-likeness (QED) is 0.648. The molecule has 1 fully saturated rings. The molecule has 1 aliphatic heterocycles. The van der Waals surface area contributed by atoms with Crippen LogP contribution in [-0.2, 0) is 11.3 Å². The first-order valence-corrected chi connectivity index (χ1v) is 7.96. The van der Waals surface area contributed by atoms with Crippen molar-refractivity contribution in [2.75, 3.05) is 17.7 Å². The topological polar surface area (TPSA) is 101 Å². The molecule has 1 aromatic carbocycles. The van der Waals surface area contributed by atoms with Crippen LogP contribution in [-0.4, -0.2) is 28.2 Å². The lowest BCUT2D eigenvalue weighted by molar-refractivity contribution is -0.115. The molecule has 7 nitrogen and oxygen atoms in total. The highest BCUT2D eigenvalue weighted by Gasteiger charge is 2.25. The number of nitrogen functional groups attached to an aromatic ring is 1. The second-order valence-electron chi connectivity index (χ2n) is 5.23. The molecule has 2 amide bonds. The van der Waals surface area contributed by atoms with Gasteiger partial charge in [0.25, 0.3) is 11.1 Å². The number of carbonyl (C=O) groups is 2. The number of anilines is 2. The Balaban J connectivity index is 1.78. The van der Waals surface area contributed by atoms with Gasteiger partial charge >= 0.3 is 0 Å². The normalized spacial score (nSPS) is 15.6. The largest absolute Gasteiger partial charge is 0.399 e. The first-order valence-electron chi connectivity index (χ1n) is 7.15. The molecule has 0 radical (unpaired) electrons. The summed E-state index contributed by atoms with van der Waals surface area (Å²) in [6.07, 6.45) is 3.19. The number of carbonyl (C=O) groups excluding carboxylic acids is 2. The van der Waals surface area contributed by atoms with E-state index in [1.807, 2.05) is 36.2 Å². The van der Waals surface area contributed by atoms with Crippen LogP contribution in [0.3, 0.4) is 0 Å². The van der Waals surface area contributed by atoms with Crippen molar-refractivity contribution in [3.05, 3.63) is 52.7 Å². The van der Waals surface area contributed by atoms with Crippen LogP contribution in [0.1, 0.15) is 11.3 Å². The van der Waals surface area contributed by atoms with Gasteiger partial charge in [0.1, 0.15) is 0 Å². The maximum Gasteiger partial charge on any atom is 0.290 e. The standard InChI is InChI=1S/C16H15N5O2S/c1-21(9-10-3-2-4-11(17)7-10)15-18-6-5-12(19-15)8-13-14(22)20-16(23)24-13/h2-8H,9,17H2,1H3,(H,20,22,23). The Labute approximate surface area is 143 Å². The third kappa shape index (κ3) is 3.72. The van der Waals surface area contributed by atoms with Crippen LogP contribution in [0.25, 0.3) is 6.08 Å². The van der Waals surface area contributed by atoms with Gasteiger partial charge in [-0.05, 0) is 41.6 Å². The third-order valence-electron chi connectivity index (χ3n) is 3.30. The SMILES string of the molecule is CN(Cc1cccc(N)c1)c1nccc(C=C2SC(=O)NC2=O)n1. The number of imide groups is 1. The number of thioether (sulfide) groups is 1. The Morgan fingerprint density at radius 1 is 1.33 bits per heavy atom. The van der Waals surface area contributed by atoms with E-state index in [0.29, 0.717) is 28.8 Å². The summed E-state index contributed by atoms with van der Waals surface area (Å²) in [5.74, 6) is 0.111. The summed E-state index contributed by atoms with van der Waals surface area (Å²) < 4.78 is 0. The van der Waals surface area contributed by atoms with Crippen molar-refractivity contribution in [1.82, 2.24) is 15.3 Å². The molecule has 0 atom stereocenters. The molecular formula is C16H15N5O2S. The third-order valence-corrected chi connectivity index (χ3v) is 4.11. The fraction of sp³-hybridized carbons (Fsp3) is 0.125. The molecule has 122 valence electrons. The molecule has 3 N–H and O–H groups in total. The summed E-state index contributed by atoms with van der Waals surface area (Å²) in [4.78, 5) is 33.7. The van der Waals surface area contributed by atoms with Gasteiger partial charge in [0, 0.05) is 25.5 Å². The van der Waals surface area contributed by atoms with Crippen molar-refractivity contribution in [2.45, 2.75) is 6.54 Å². The van der Waals surface area contributed by atoms with E-state index in [9.17, 15) is 9.59 Å². The Bertz CT molecular complexity index is 837. The summed E-state index contributed by atoms with van der Waals surface area (Å²) in [5.41, 5.74) is 8.10. The summed E-state index contributed by atoms with van der Waals surface area (Å²) in [7, 11) is 1.87. The lowest BCUT2D eigenvalue weighted by Gasteiger charge is -2.17. The zero-order valence-electron chi connectivity index (χ0n) is 12.9. The Hall–Kier alpha value is -2.87. The van der Waals surface area contributed by atoms with E-state index in [2.05, 4.69) is 15.3 Å². The van der Waals surface area contributed by atoms with Gasteiger partial charge in [-0.2, -0.15) is 0 Å². The highest BCUT2D eigenvalue weighted by molar-refractivity contribution is 8.18. The molecule has 2 aromatic rings. The maximum atomic E-state index is 11.6. The van der Waals surface area contributed by atoms with Gasteiger partial charge in [-0.25, -0.2) is 9.97 Å². The van der Waals surface area contributed by atoms with E-state index in [4.69, 9.17) is 5.73 Å². The lowest BCUT2D eigenvalue weighted by Crippen LogP contribution is -2.19. The monoisotopic (exact) mass is 341 g/mol. The molecule has 1 aromatic heterocycles. The Kier molecular flexibility index (Phi) is 4.48. The van der Waals surface area contributed by atoms with Crippen LogP contribution in [0.4, 0.5) is 16.4 Å². The van der Waals surface area contributed by atoms with Crippen LogP contribution in [0, 0.1) is 0 Å². The predicted octanol–water partition coefficient (Wildman–Crippen LogP) is 2.02. The van der Waals surface area contributed by atoms with Crippen molar-refractivity contribution in [3.8, 4) is 0 Å². The van der Waals surface area contributed by atoms with Gasteiger partial charge in [0.2, 0.25) is 5.95 Å². The molecule has 2 heterocycles. The second kappa shape index (κ2) is 6.71. The summed E-state index contributed by atoms with van der Waals surface area (Å²) >= 11 is 0.861. The summed E-state index contributed by atoms with van der Waals surface area (Å²) in [6.45, 7) is 0.596. The number of nitrogens with one attached hydrogen (secondary N) is 1. The second-order valence-corrected chi connectivity index (χ2v) is 6.25. The number of hydrogen-bond acceptors (Lipinski definition) is 7. The molecular weight excluding hydrogens is 326 g/mol. The summed E-state index contributed by atoms with van der Waals surface area (Å²) in [5, 5.41) is 1.84. The minimum Gasteiger partial charge on any atom is -0.399 e. The van der Waals surface area contributed by atoms with Crippen LogP contribution < -0.4 is 16.0 Å². The van der Waals surface area contributed by atoms with Gasteiger partial charge in [0.15, 0.2) is 0 Å². The summed E-state index contributed by atoms with van der Waals surface area (Å²) in [6, 6.07) is 9.28. The first-order chi connectivity index (χ1) is 11.5. The molecule has 1 saturated heterocycles. The fourth-order valence-electron chi connectivity index (χ4n) is 2.22. The van der Waals surface area contributed by atoms with Crippen LogP contribution in [0.15, 0.2) is 41.4 Å². The minimum absolute atomic E-state index is 0.322. The minimum atomic E-state index is -0.404. The molecule has 1 aliphatic rings. The highest BCUT2D eigenvalue weighted by Crippen LogP contribution is 2.25. The fourth-order valence-corrected chi connectivity index (χ4v) is 2.88. The molecule has 0 bridgehead atoms. The molecule has 8 heteroatoms. The van der Waals surface area contributed by atoms with Gasteiger partial charge < -0.3 is 10.6 Å². The number of nitrogens with zero attached hydrogens (tertiary/aromatic N) is 3. The smallest absolute Gasteiger partial charge is 0.290 e. The van der Waals surface area contributed by atoms with Gasteiger partial charge in [-0.1, -0.05) is 12.1 Å².